The van der Waals surface area contributed by atoms with Crippen molar-refractivity contribution in [2.75, 3.05) is 12.4 Å². The van der Waals surface area contributed by atoms with Crippen molar-refractivity contribution in [3.05, 3.63) is 56.6 Å². The summed E-state index contributed by atoms with van der Waals surface area (Å²) < 4.78 is 29.5. The van der Waals surface area contributed by atoms with Crippen LogP contribution >= 0.6 is 34.2 Å². The molecule has 2 aromatic rings. The molecule has 0 spiro atoms. The summed E-state index contributed by atoms with van der Waals surface area (Å²) in [4.78, 5) is 21.8. The van der Waals surface area contributed by atoms with Crippen molar-refractivity contribution in [3.63, 3.8) is 0 Å². The van der Waals surface area contributed by atoms with Crippen molar-refractivity contribution in [1.29, 1.82) is 0 Å². The molecule has 0 heterocycles. The molecule has 2 aromatic carbocycles. The number of benzene rings is 2. The molecule has 0 saturated carbocycles. The predicted molar refractivity (Wildman–Crippen MR) is 108 cm³/mol. The molecule has 1 amide bonds. The zero-order valence-electron chi connectivity index (χ0n) is 14.2. The van der Waals surface area contributed by atoms with Crippen LogP contribution in [-0.4, -0.2) is 42.5 Å². The molecule has 0 aliphatic heterocycles. The minimum absolute atomic E-state index is 0.103. The smallest absolute Gasteiger partial charge is 0.337 e. The number of methoxy groups -OCH3 is 1. The summed E-state index contributed by atoms with van der Waals surface area (Å²) in [6.45, 7) is 1.27. The number of ether oxygens (including phenoxy) is 1. The van der Waals surface area contributed by atoms with Gasteiger partial charge in [-0.2, -0.15) is 0 Å². The van der Waals surface area contributed by atoms with Gasteiger partial charge in [0.05, 0.1) is 17.7 Å². The number of rotatable bonds is 4. The average Bonchev–Trinajstić information content (AvgIpc) is 2.63. The summed E-state index contributed by atoms with van der Waals surface area (Å²) in [5.74, 6) is -0.722. The van der Waals surface area contributed by atoms with Crippen LogP contribution in [0, 0.1) is 3.57 Å². The third kappa shape index (κ3) is 7.28. The monoisotopic (exact) mass is 571 g/mol. The largest absolute Gasteiger partial charge is 0.465 e. The van der Waals surface area contributed by atoms with E-state index in [4.69, 9.17) is 16.9 Å². The third-order valence-corrected chi connectivity index (χ3v) is 7.07. The molecular formula is C16H16AsClINO7. The number of carbonyl (C=O) groups is 2. The van der Waals surface area contributed by atoms with Gasteiger partial charge in [0.2, 0.25) is 0 Å². The second-order valence-corrected chi connectivity index (χ2v) is 10.0. The van der Waals surface area contributed by atoms with Crippen LogP contribution < -0.4 is 9.67 Å². The molecule has 0 radical (unpaired) electrons. The fourth-order valence-electron chi connectivity index (χ4n) is 1.80. The maximum absolute atomic E-state index is 11.4. The van der Waals surface area contributed by atoms with E-state index in [1.807, 2.05) is 0 Å². The number of hydrogen-bond acceptors (Lipinski definition) is 6. The second-order valence-electron chi connectivity index (χ2n) is 4.92. The van der Waals surface area contributed by atoms with Crippen molar-refractivity contribution in [3.8, 4) is 0 Å². The van der Waals surface area contributed by atoms with Gasteiger partial charge in [-0.05, 0) is 40.8 Å². The van der Waals surface area contributed by atoms with Gasteiger partial charge < -0.3 is 4.74 Å². The van der Waals surface area contributed by atoms with Crippen LogP contribution in [0.15, 0.2) is 42.5 Å². The minimum atomic E-state index is -4.92. The van der Waals surface area contributed by atoms with Crippen LogP contribution in [0.3, 0.4) is 0 Å². The van der Waals surface area contributed by atoms with E-state index in [0.29, 0.717) is 10.6 Å². The molecule has 146 valence electrons. The van der Waals surface area contributed by atoms with Crippen LogP contribution in [0.25, 0.3) is 0 Å². The first kappa shape index (κ1) is 23.7. The molecule has 11 heteroatoms. The number of para-hydroxylation sites is 1. The molecule has 0 aromatic heterocycles. The van der Waals surface area contributed by atoms with E-state index < -0.39 is 14.2 Å². The second kappa shape index (κ2) is 10.8. The predicted octanol–water partition coefficient (Wildman–Crippen LogP) is 2.43. The number of hydrogen-bond donors (Lipinski definition) is 3. The van der Waals surface area contributed by atoms with Gasteiger partial charge in [0.25, 0.3) is 0 Å². The van der Waals surface area contributed by atoms with E-state index in [2.05, 4.69) is 36.5 Å². The van der Waals surface area contributed by atoms with Crippen molar-refractivity contribution >= 4 is 70.3 Å². The Labute approximate surface area is 176 Å². The van der Waals surface area contributed by atoms with E-state index in [1.165, 1.54) is 32.2 Å². The van der Waals surface area contributed by atoms with Crippen LogP contribution in [-0.2, 0) is 17.1 Å². The van der Waals surface area contributed by atoms with Crippen molar-refractivity contribution in [2.24, 2.45) is 0 Å². The number of anilines is 1. The molecule has 2 rings (SSSR count). The maximum atomic E-state index is 11.4. The van der Waals surface area contributed by atoms with E-state index in [0.717, 1.165) is 3.57 Å². The van der Waals surface area contributed by atoms with Crippen LogP contribution in [0.5, 0.6) is 0 Å². The molecule has 27 heavy (non-hydrogen) atoms. The summed E-state index contributed by atoms with van der Waals surface area (Å²) in [6, 6.07) is 10.8. The van der Waals surface area contributed by atoms with Gasteiger partial charge in [-0.1, -0.05) is 11.6 Å². The van der Waals surface area contributed by atoms with Crippen molar-refractivity contribution < 1.29 is 31.3 Å². The summed E-state index contributed by atoms with van der Waals surface area (Å²) >= 11 is 2.90. The first-order chi connectivity index (χ1) is 12.6. The average molecular weight is 572 g/mol. The molecule has 0 fully saturated rings. The van der Waals surface area contributed by atoms with Crippen LogP contribution in [0.1, 0.15) is 17.3 Å². The van der Waals surface area contributed by atoms with Gasteiger partial charge in [-0.25, -0.2) is 4.79 Å². The number of nitrogens with one attached hydrogen (secondary N) is 1. The van der Waals surface area contributed by atoms with Crippen molar-refractivity contribution in [1.82, 2.24) is 0 Å². The van der Waals surface area contributed by atoms with Gasteiger partial charge in [-0.3, -0.25) is 0 Å². The normalized spacial score (nSPS) is 12.2. The Balaban J connectivity index is 0.000000277. The number of amides is 1. The van der Waals surface area contributed by atoms with E-state index in [1.54, 1.807) is 24.3 Å². The molecule has 3 N–H and O–H groups in total. The molecule has 8 nitrogen and oxygen atoms in total. The third-order valence-electron chi connectivity index (χ3n) is 2.97. The summed E-state index contributed by atoms with van der Waals surface area (Å²) in [5.41, 5.74) is 0.676. The first-order valence-corrected chi connectivity index (χ1v) is 12.0. The Morgan fingerprint density at radius 3 is 2.37 bits per heavy atom. The number of halogens is 2. The van der Waals surface area contributed by atoms with Crippen LogP contribution in [0.2, 0.25) is 5.02 Å². The first-order valence-electron chi connectivity index (χ1n) is 7.19. The molecule has 1 atom stereocenters. The van der Waals surface area contributed by atoms with Crippen molar-refractivity contribution in [2.45, 2.75) is 6.92 Å². The van der Waals surface area contributed by atoms with Gasteiger partial charge in [0.15, 0.2) is 0 Å². The molecule has 0 bridgehead atoms. The molecule has 0 aliphatic rings. The zero-order valence-corrected chi connectivity index (χ0v) is 19.0. The van der Waals surface area contributed by atoms with E-state index in [9.17, 15) is 17.4 Å². The maximum Gasteiger partial charge on any atom is 0.337 e. The summed E-state index contributed by atoms with van der Waals surface area (Å²) in [6.07, 6.45) is 0. The van der Waals surface area contributed by atoms with Crippen LogP contribution in [0.4, 0.5) is 5.69 Å². The molecule has 0 aliphatic carbocycles. The fraction of sp³-hybridized carbons (Fsp3) is 0.125. The van der Waals surface area contributed by atoms with E-state index in [-0.39, 0.29) is 21.9 Å². The Hall–Kier alpha value is -1.36. The molecular weight excluding hydrogens is 555 g/mol. The Bertz CT molecular complexity index is 878. The summed E-state index contributed by atoms with van der Waals surface area (Å²) in [5, 5.41) is 11.3. The Morgan fingerprint density at radius 2 is 1.85 bits per heavy atom. The number of carbonyl (C=O) groups excluding carboxylic acids is 2. The van der Waals surface area contributed by atoms with Gasteiger partial charge in [-0.15, -0.1) is 0 Å². The van der Waals surface area contributed by atoms with Gasteiger partial charge in [0.1, 0.15) is 0 Å². The zero-order chi connectivity index (χ0) is 20.6. The summed E-state index contributed by atoms with van der Waals surface area (Å²) in [7, 11) is 1.35. The SMILES string of the molecule is CC(=O)Nc1ccccc1[As](=O)(O)OO.COC(=O)c1ccc(Cl)c(I)c1. The number of esters is 1. The molecule has 0 saturated heterocycles. The standard InChI is InChI=1S/C8H10AsNO5.C8H6ClIO2/c1-6(11)10-8-5-3-2-4-7(8)9(12,13)15-14;1-12-8(11)5-2-3-6(9)7(10)4-5/h2-5,14H,1H3,(H,10,11)(H,12,13);2-4H,1H3. The van der Waals surface area contributed by atoms with E-state index >= 15 is 0 Å². The quantitative estimate of drug-likeness (QED) is 0.169. The Kier molecular flexibility index (Phi) is 9.51. The minimum Gasteiger partial charge on any atom is -0.465 e. The molecule has 1 unspecified atom stereocenters. The van der Waals surface area contributed by atoms with Gasteiger partial charge >= 0.3 is 94.4 Å². The fourth-order valence-corrected chi connectivity index (χ4v) is 4.11. The Morgan fingerprint density at radius 1 is 1.22 bits per heavy atom. The van der Waals surface area contributed by atoms with Gasteiger partial charge in [0, 0.05) is 3.57 Å². The topological polar surface area (TPSA) is 122 Å².